The first-order valence-corrected chi connectivity index (χ1v) is 4.35. The van der Waals surface area contributed by atoms with Crippen molar-refractivity contribution in [1.82, 2.24) is 4.98 Å². The quantitative estimate of drug-likeness (QED) is 0.790. The van der Waals surface area contributed by atoms with Gasteiger partial charge in [-0.15, -0.1) is 0 Å². The highest BCUT2D eigenvalue weighted by atomic mass is 35.5. The Labute approximate surface area is 81.9 Å². The molecule has 1 aromatic rings. The van der Waals surface area contributed by atoms with Gasteiger partial charge in [0.05, 0.1) is 16.3 Å². The van der Waals surface area contributed by atoms with Gasteiger partial charge in [0.1, 0.15) is 0 Å². The van der Waals surface area contributed by atoms with Crippen molar-refractivity contribution in [3.05, 3.63) is 28.5 Å². The van der Waals surface area contributed by atoms with Gasteiger partial charge in [-0.1, -0.05) is 25.4 Å². The summed E-state index contributed by atoms with van der Waals surface area (Å²) >= 11 is 5.70. The van der Waals surface area contributed by atoms with Gasteiger partial charge in [0.25, 0.3) is 5.91 Å². The van der Waals surface area contributed by atoms with Crippen LogP contribution in [0.4, 0.5) is 0 Å². The van der Waals surface area contributed by atoms with Crippen molar-refractivity contribution in [3.63, 3.8) is 0 Å². The summed E-state index contributed by atoms with van der Waals surface area (Å²) in [5.41, 5.74) is 6.28. The minimum absolute atomic E-state index is 0.166. The number of hydrogen-bond donors (Lipinski definition) is 1. The summed E-state index contributed by atoms with van der Waals surface area (Å²) in [4.78, 5) is 15.1. The number of pyridine rings is 1. The Morgan fingerprint density at radius 3 is 2.69 bits per heavy atom. The van der Waals surface area contributed by atoms with Crippen molar-refractivity contribution in [3.8, 4) is 0 Å². The molecular formula is C9H11ClN2O. The minimum Gasteiger partial charge on any atom is -0.366 e. The van der Waals surface area contributed by atoms with Crippen LogP contribution in [-0.4, -0.2) is 10.9 Å². The van der Waals surface area contributed by atoms with E-state index in [4.69, 9.17) is 17.3 Å². The maximum atomic E-state index is 11.0. The molecule has 0 radical (unpaired) electrons. The van der Waals surface area contributed by atoms with Gasteiger partial charge in [0.15, 0.2) is 0 Å². The maximum Gasteiger partial charge on any atom is 0.250 e. The first kappa shape index (κ1) is 9.99. The summed E-state index contributed by atoms with van der Waals surface area (Å²) < 4.78 is 0. The van der Waals surface area contributed by atoms with Crippen LogP contribution in [0.1, 0.15) is 35.8 Å². The average molecular weight is 199 g/mol. The molecule has 0 aliphatic carbocycles. The molecule has 0 fully saturated rings. The molecule has 13 heavy (non-hydrogen) atoms. The van der Waals surface area contributed by atoms with Crippen LogP contribution in [0.5, 0.6) is 0 Å². The number of primary amides is 1. The normalized spacial score (nSPS) is 10.5. The molecule has 0 atom stereocenters. The van der Waals surface area contributed by atoms with Crippen LogP contribution < -0.4 is 5.73 Å². The molecule has 0 unspecified atom stereocenters. The molecule has 70 valence electrons. The maximum absolute atomic E-state index is 11.0. The predicted octanol–water partition coefficient (Wildman–Crippen LogP) is 1.96. The van der Waals surface area contributed by atoms with Gasteiger partial charge in [-0.05, 0) is 12.0 Å². The third-order valence-corrected chi connectivity index (χ3v) is 1.90. The van der Waals surface area contributed by atoms with Crippen LogP contribution >= 0.6 is 11.6 Å². The number of nitrogens with zero attached hydrogens (tertiary/aromatic N) is 1. The predicted molar refractivity (Wildman–Crippen MR) is 51.9 cm³/mol. The molecule has 0 saturated heterocycles. The standard InChI is InChI=1S/C9H11ClN2O/c1-5(2)8-7(9(11)13)3-6(10)4-12-8/h3-5H,1-2H3,(H2,11,13). The molecule has 1 amide bonds. The second kappa shape index (κ2) is 3.75. The van der Waals surface area contributed by atoms with E-state index in [1.165, 1.54) is 6.20 Å². The highest BCUT2D eigenvalue weighted by molar-refractivity contribution is 6.30. The van der Waals surface area contributed by atoms with Crippen LogP contribution in [-0.2, 0) is 0 Å². The third-order valence-electron chi connectivity index (χ3n) is 1.70. The molecule has 0 bridgehead atoms. The van der Waals surface area contributed by atoms with Gasteiger partial charge >= 0.3 is 0 Å². The van der Waals surface area contributed by atoms with E-state index in [1.54, 1.807) is 6.07 Å². The van der Waals surface area contributed by atoms with E-state index in [0.717, 1.165) is 0 Å². The zero-order chi connectivity index (χ0) is 10.0. The second-order valence-electron chi connectivity index (χ2n) is 3.11. The number of aromatic nitrogens is 1. The molecule has 1 heterocycles. The molecule has 2 N–H and O–H groups in total. The molecule has 0 aliphatic heterocycles. The summed E-state index contributed by atoms with van der Waals surface area (Å²) in [5, 5.41) is 0.429. The van der Waals surface area contributed by atoms with Gasteiger partial charge in [0, 0.05) is 6.20 Å². The second-order valence-corrected chi connectivity index (χ2v) is 3.54. The summed E-state index contributed by atoms with van der Waals surface area (Å²) in [6, 6.07) is 1.55. The smallest absolute Gasteiger partial charge is 0.250 e. The Hall–Kier alpha value is -1.09. The van der Waals surface area contributed by atoms with Crippen molar-refractivity contribution in [2.75, 3.05) is 0 Å². The van der Waals surface area contributed by atoms with E-state index in [1.807, 2.05) is 13.8 Å². The Balaban J connectivity index is 3.27. The number of hydrogen-bond acceptors (Lipinski definition) is 2. The van der Waals surface area contributed by atoms with Crippen LogP contribution in [0.15, 0.2) is 12.3 Å². The fraction of sp³-hybridized carbons (Fsp3) is 0.333. The van der Waals surface area contributed by atoms with Crippen LogP contribution in [0.25, 0.3) is 0 Å². The number of nitrogens with two attached hydrogens (primary N) is 1. The summed E-state index contributed by atoms with van der Waals surface area (Å²) in [6.45, 7) is 3.89. The lowest BCUT2D eigenvalue weighted by Crippen LogP contribution is -2.15. The monoisotopic (exact) mass is 198 g/mol. The van der Waals surface area contributed by atoms with Gasteiger partial charge < -0.3 is 5.73 Å². The zero-order valence-corrected chi connectivity index (χ0v) is 8.30. The Morgan fingerprint density at radius 1 is 1.62 bits per heavy atom. The molecule has 0 aromatic carbocycles. The van der Waals surface area contributed by atoms with Crippen LogP contribution in [0.3, 0.4) is 0 Å². The molecule has 3 nitrogen and oxygen atoms in total. The molecule has 1 rings (SSSR count). The van der Waals surface area contributed by atoms with E-state index in [0.29, 0.717) is 16.3 Å². The SMILES string of the molecule is CC(C)c1ncc(Cl)cc1C(N)=O. The van der Waals surface area contributed by atoms with Gasteiger partial charge in [-0.25, -0.2) is 0 Å². The Kier molecular flexibility index (Phi) is 2.88. The fourth-order valence-electron chi connectivity index (χ4n) is 1.11. The van der Waals surface area contributed by atoms with Gasteiger partial charge in [0.2, 0.25) is 0 Å². The number of carbonyl (C=O) groups is 1. The van der Waals surface area contributed by atoms with E-state index >= 15 is 0 Å². The van der Waals surface area contributed by atoms with Crippen molar-refractivity contribution < 1.29 is 4.79 Å². The van der Waals surface area contributed by atoms with E-state index < -0.39 is 5.91 Å². The summed E-state index contributed by atoms with van der Waals surface area (Å²) in [6.07, 6.45) is 1.52. The average Bonchev–Trinajstić information content (AvgIpc) is 2.03. The van der Waals surface area contributed by atoms with E-state index in [9.17, 15) is 4.79 Å². The van der Waals surface area contributed by atoms with Gasteiger partial charge in [-0.3, -0.25) is 9.78 Å². The lowest BCUT2D eigenvalue weighted by atomic mass is 10.0. The molecule has 1 aromatic heterocycles. The van der Waals surface area contributed by atoms with Crippen LogP contribution in [0, 0.1) is 0 Å². The lowest BCUT2D eigenvalue weighted by molar-refractivity contribution is 0.0998. The number of rotatable bonds is 2. The highest BCUT2D eigenvalue weighted by Gasteiger charge is 2.12. The Bertz CT molecular complexity index is 336. The lowest BCUT2D eigenvalue weighted by Gasteiger charge is -2.08. The fourth-order valence-corrected chi connectivity index (χ4v) is 1.27. The molecule has 0 aliphatic rings. The van der Waals surface area contributed by atoms with Crippen molar-refractivity contribution >= 4 is 17.5 Å². The molecular weight excluding hydrogens is 188 g/mol. The number of halogens is 1. The van der Waals surface area contributed by atoms with Crippen molar-refractivity contribution in [2.45, 2.75) is 19.8 Å². The molecule has 4 heteroatoms. The van der Waals surface area contributed by atoms with Gasteiger partial charge in [-0.2, -0.15) is 0 Å². The van der Waals surface area contributed by atoms with E-state index in [-0.39, 0.29) is 5.92 Å². The molecule has 0 spiro atoms. The minimum atomic E-state index is -0.487. The number of amides is 1. The van der Waals surface area contributed by atoms with E-state index in [2.05, 4.69) is 4.98 Å². The largest absolute Gasteiger partial charge is 0.366 e. The van der Waals surface area contributed by atoms with Crippen molar-refractivity contribution in [1.29, 1.82) is 0 Å². The summed E-state index contributed by atoms with van der Waals surface area (Å²) in [7, 11) is 0. The topological polar surface area (TPSA) is 56.0 Å². The molecule has 0 saturated carbocycles. The first-order valence-electron chi connectivity index (χ1n) is 3.97. The zero-order valence-electron chi connectivity index (χ0n) is 7.54. The first-order chi connectivity index (χ1) is 6.02. The third kappa shape index (κ3) is 2.18. The van der Waals surface area contributed by atoms with Crippen LogP contribution in [0.2, 0.25) is 5.02 Å². The number of carbonyl (C=O) groups excluding carboxylic acids is 1. The highest BCUT2D eigenvalue weighted by Crippen LogP contribution is 2.19. The van der Waals surface area contributed by atoms with Crippen molar-refractivity contribution in [2.24, 2.45) is 5.73 Å². The Morgan fingerprint density at radius 2 is 2.23 bits per heavy atom. The summed E-state index contributed by atoms with van der Waals surface area (Å²) in [5.74, 6) is -0.321.